The fourth-order valence-electron chi connectivity index (χ4n) is 5.09. The molecule has 37 heavy (non-hydrogen) atoms. The summed E-state index contributed by atoms with van der Waals surface area (Å²) in [6.07, 6.45) is 2.25. The van der Waals surface area contributed by atoms with Crippen molar-refractivity contribution in [3.63, 3.8) is 0 Å². The second-order valence-corrected chi connectivity index (χ2v) is 11.6. The minimum atomic E-state index is -3.73. The molecular weight excluding hydrogens is 508 g/mol. The smallest absolute Gasteiger partial charge is 0.387 e. The third-order valence-electron chi connectivity index (χ3n) is 7.22. The number of alkyl halides is 2. The summed E-state index contributed by atoms with van der Waals surface area (Å²) in [6, 6.07) is 6.97. The second-order valence-electron chi connectivity index (χ2n) is 9.72. The third-order valence-corrected chi connectivity index (χ3v) is 9.15. The third kappa shape index (κ3) is 6.02. The SMILES string of the molecule is C[C@H](NC(=O)[C@H]1CCCN1C(=O)[C@H]1CCCN(S(=O)(=O)N2CC(C#N)C2)C1)c1ccc(OC(F)F)cc1. The molecule has 0 spiro atoms. The van der Waals surface area contributed by atoms with Gasteiger partial charge in [0, 0.05) is 32.7 Å². The molecule has 10 nitrogen and oxygen atoms in total. The van der Waals surface area contributed by atoms with Crippen molar-refractivity contribution in [3.05, 3.63) is 29.8 Å². The predicted molar refractivity (Wildman–Crippen MR) is 128 cm³/mol. The van der Waals surface area contributed by atoms with E-state index in [1.54, 1.807) is 24.0 Å². The van der Waals surface area contributed by atoms with Crippen molar-refractivity contribution < 1.29 is 31.5 Å². The van der Waals surface area contributed by atoms with Crippen molar-refractivity contribution in [2.24, 2.45) is 11.8 Å². The lowest BCUT2D eigenvalue weighted by molar-refractivity contribution is -0.142. The Morgan fingerprint density at radius 3 is 2.41 bits per heavy atom. The molecule has 0 saturated carbocycles. The van der Waals surface area contributed by atoms with Crippen molar-refractivity contribution >= 4 is 22.0 Å². The molecule has 0 aliphatic carbocycles. The van der Waals surface area contributed by atoms with Gasteiger partial charge in [0.1, 0.15) is 11.8 Å². The number of piperidine rings is 1. The minimum absolute atomic E-state index is 0.0207. The topological polar surface area (TPSA) is 123 Å². The van der Waals surface area contributed by atoms with Crippen molar-refractivity contribution in [2.75, 3.05) is 32.7 Å². The van der Waals surface area contributed by atoms with E-state index in [4.69, 9.17) is 5.26 Å². The zero-order chi connectivity index (χ0) is 26.7. The monoisotopic (exact) mass is 539 g/mol. The summed E-state index contributed by atoms with van der Waals surface area (Å²) in [5, 5.41) is 11.8. The van der Waals surface area contributed by atoms with Crippen LogP contribution in [-0.4, -0.2) is 79.1 Å². The van der Waals surface area contributed by atoms with Crippen LogP contribution in [0.5, 0.6) is 5.75 Å². The number of carbonyl (C=O) groups excluding carboxylic acids is 2. The number of nitriles is 1. The maximum Gasteiger partial charge on any atom is 0.387 e. The Kier molecular flexibility index (Phi) is 8.30. The first-order valence-corrected chi connectivity index (χ1v) is 13.8. The van der Waals surface area contributed by atoms with Gasteiger partial charge in [0.05, 0.1) is 23.9 Å². The predicted octanol–water partition coefficient (Wildman–Crippen LogP) is 1.87. The van der Waals surface area contributed by atoms with E-state index in [0.29, 0.717) is 44.3 Å². The lowest BCUT2D eigenvalue weighted by Crippen LogP contribution is -2.57. The highest BCUT2D eigenvalue weighted by Gasteiger charge is 2.44. The van der Waals surface area contributed by atoms with Crippen LogP contribution in [0.15, 0.2) is 24.3 Å². The van der Waals surface area contributed by atoms with Gasteiger partial charge in [-0.3, -0.25) is 9.59 Å². The molecule has 4 rings (SSSR count). The number of ether oxygens (including phenoxy) is 1. The van der Waals surface area contributed by atoms with Crippen LogP contribution in [0.4, 0.5) is 8.78 Å². The lowest BCUT2D eigenvalue weighted by atomic mass is 9.97. The normalized spacial score (nSPS) is 24.4. The molecule has 0 radical (unpaired) electrons. The molecule has 3 atom stereocenters. The molecule has 3 aliphatic heterocycles. The zero-order valence-corrected chi connectivity index (χ0v) is 21.4. The number of hydrogen-bond donors (Lipinski definition) is 1. The van der Waals surface area contributed by atoms with Gasteiger partial charge in [-0.05, 0) is 50.3 Å². The first-order chi connectivity index (χ1) is 17.6. The number of carbonyl (C=O) groups is 2. The Morgan fingerprint density at radius 1 is 1.08 bits per heavy atom. The van der Waals surface area contributed by atoms with Crippen LogP contribution in [0.2, 0.25) is 0 Å². The Bertz CT molecular complexity index is 1140. The maximum absolute atomic E-state index is 13.4. The standard InChI is InChI=1S/C24H31F2N5O5S/c1-16(18-6-8-20(9-7-18)36-24(25)26)28-22(32)21-5-3-11-31(21)23(33)19-4-2-10-29(15-19)37(34,35)30-13-17(12-27)14-30/h6-9,16-17,19,21,24H,2-5,10-11,13-15H2,1H3,(H,28,32)/t16-,19-,21+/m0/s1. The molecule has 0 bridgehead atoms. The van der Waals surface area contributed by atoms with Crippen LogP contribution in [0, 0.1) is 23.2 Å². The number of amides is 2. The van der Waals surface area contributed by atoms with Gasteiger partial charge in [-0.2, -0.15) is 31.1 Å². The Hall–Kier alpha value is -2.82. The Morgan fingerprint density at radius 2 is 1.76 bits per heavy atom. The number of likely N-dealkylation sites (tertiary alicyclic amines) is 1. The van der Waals surface area contributed by atoms with E-state index in [0.717, 1.165) is 0 Å². The molecular formula is C24H31F2N5O5S. The summed E-state index contributed by atoms with van der Waals surface area (Å²) in [5.74, 6) is -1.35. The van der Waals surface area contributed by atoms with E-state index in [-0.39, 0.29) is 43.1 Å². The number of nitrogens with one attached hydrogen (secondary N) is 1. The molecule has 1 aromatic carbocycles. The highest BCUT2D eigenvalue weighted by Crippen LogP contribution is 2.29. The molecule has 2 amide bonds. The van der Waals surface area contributed by atoms with Crippen molar-refractivity contribution in [3.8, 4) is 11.8 Å². The molecule has 3 heterocycles. The van der Waals surface area contributed by atoms with Crippen LogP contribution in [0.3, 0.4) is 0 Å². The van der Waals surface area contributed by atoms with Gasteiger partial charge in [0.2, 0.25) is 11.8 Å². The summed E-state index contributed by atoms with van der Waals surface area (Å²) >= 11 is 0. The van der Waals surface area contributed by atoms with Crippen LogP contribution >= 0.6 is 0 Å². The minimum Gasteiger partial charge on any atom is -0.435 e. The highest BCUT2D eigenvalue weighted by molar-refractivity contribution is 7.86. The van der Waals surface area contributed by atoms with E-state index in [1.165, 1.54) is 20.7 Å². The molecule has 3 fully saturated rings. The van der Waals surface area contributed by atoms with Crippen molar-refractivity contribution in [1.29, 1.82) is 5.26 Å². The van der Waals surface area contributed by atoms with Crippen LogP contribution in [-0.2, 0) is 19.8 Å². The van der Waals surface area contributed by atoms with Crippen molar-refractivity contribution in [2.45, 2.75) is 51.3 Å². The number of halogens is 2. The Balaban J connectivity index is 1.35. The number of benzene rings is 1. The molecule has 13 heteroatoms. The number of nitrogens with zero attached hydrogens (tertiary/aromatic N) is 4. The molecule has 3 aliphatic rings. The fraction of sp³-hybridized carbons (Fsp3) is 0.625. The van der Waals surface area contributed by atoms with Gasteiger partial charge >= 0.3 is 6.61 Å². The zero-order valence-electron chi connectivity index (χ0n) is 20.6. The molecule has 202 valence electrons. The summed E-state index contributed by atoms with van der Waals surface area (Å²) in [5.41, 5.74) is 0.698. The highest BCUT2D eigenvalue weighted by atomic mass is 32.2. The molecule has 1 aromatic rings. The van der Waals surface area contributed by atoms with Gasteiger partial charge in [-0.15, -0.1) is 0 Å². The van der Waals surface area contributed by atoms with E-state index in [1.807, 2.05) is 0 Å². The fourth-order valence-corrected chi connectivity index (χ4v) is 6.88. The van der Waals surface area contributed by atoms with Crippen LogP contribution in [0.25, 0.3) is 0 Å². The van der Waals surface area contributed by atoms with E-state index >= 15 is 0 Å². The van der Waals surface area contributed by atoms with E-state index < -0.39 is 34.8 Å². The van der Waals surface area contributed by atoms with E-state index in [2.05, 4.69) is 16.1 Å². The summed E-state index contributed by atoms with van der Waals surface area (Å²) < 4.78 is 57.5. The first kappa shape index (κ1) is 27.2. The second kappa shape index (κ2) is 11.3. The molecule has 3 saturated heterocycles. The van der Waals surface area contributed by atoms with E-state index in [9.17, 15) is 26.8 Å². The summed E-state index contributed by atoms with van der Waals surface area (Å²) in [6.45, 7) is -0.0176. The quantitative estimate of drug-likeness (QED) is 0.538. The first-order valence-electron chi connectivity index (χ1n) is 12.4. The van der Waals surface area contributed by atoms with Gasteiger partial charge in [0.15, 0.2) is 0 Å². The van der Waals surface area contributed by atoms with Crippen LogP contribution in [0.1, 0.15) is 44.2 Å². The largest absolute Gasteiger partial charge is 0.435 e. The molecule has 0 unspecified atom stereocenters. The number of hydrogen-bond acceptors (Lipinski definition) is 6. The average Bonchev–Trinajstić information content (AvgIpc) is 3.33. The van der Waals surface area contributed by atoms with Gasteiger partial charge < -0.3 is 15.0 Å². The van der Waals surface area contributed by atoms with Crippen LogP contribution < -0.4 is 10.1 Å². The summed E-state index contributed by atoms with van der Waals surface area (Å²) in [4.78, 5) is 28.1. The average molecular weight is 540 g/mol. The lowest BCUT2D eigenvalue weighted by Gasteiger charge is -2.41. The van der Waals surface area contributed by atoms with Gasteiger partial charge in [-0.25, -0.2) is 0 Å². The van der Waals surface area contributed by atoms with Gasteiger partial charge in [-0.1, -0.05) is 12.1 Å². The molecule has 1 N–H and O–H groups in total. The summed E-state index contributed by atoms with van der Waals surface area (Å²) in [7, 11) is -3.73. The van der Waals surface area contributed by atoms with Crippen molar-refractivity contribution in [1.82, 2.24) is 18.8 Å². The van der Waals surface area contributed by atoms with Gasteiger partial charge in [0.25, 0.3) is 10.2 Å². The Labute approximate surface area is 215 Å². The molecule has 0 aromatic heterocycles. The number of rotatable bonds is 8. The maximum atomic E-state index is 13.4.